The van der Waals surface area contributed by atoms with Crippen LogP contribution in [0, 0.1) is 5.92 Å². The summed E-state index contributed by atoms with van der Waals surface area (Å²) in [6.07, 6.45) is 14.3. The van der Waals surface area contributed by atoms with Gasteiger partial charge in [-0.1, -0.05) is 32.6 Å². The summed E-state index contributed by atoms with van der Waals surface area (Å²) in [6, 6.07) is 0. The molecule has 0 radical (unpaired) electrons. The molecule has 0 aliphatic heterocycles. The molecule has 1 rings (SSSR count). The van der Waals surface area contributed by atoms with E-state index in [0.29, 0.717) is 12.5 Å². The summed E-state index contributed by atoms with van der Waals surface area (Å²) in [5.74, 6) is 0.531. The van der Waals surface area contributed by atoms with Crippen LogP contribution in [0.3, 0.4) is 0 Å². The molecule has 0 spiro atoms. The van der Waals surface area contributed by atoms with E-state index >= 15 is 0 Å². The van der Waals surface area contributed by atoms with E-state index in [1.807, 2.05) is 18.7 Å². The molecule has 0 saturated carbocycles. The zero-order valence-electron chi connectivity index (χ0n) is 11.0. The summed E-state index contributed by atoms with van der Waals surface area (Å²) in [7, 11) is 0. The van der Waals surface area contributed by atoms with Gasteiger partial charge in [0, 0.05) is 25.5 Å². The van der Waals surface area contributed by atoms with Gasteiger partial charge >= 0.3 is 0 Å². The van der Waals surface area contributed by atoms with E-state index in [0.717, 1.165) is 6.54 Å². The second-order valence-electron chi connectivity index (χ2n) is 4.84. The maximum Gasteiger partial charge on any atom is 0.0945 e. The molecule has 1 aromatic rings. The van der Waals surface area contributed by atoms with Crippen molar-refractivity contribution in [2.75, 3.05) is 6.61 Å². The summed E-state index contributed by atoms with van der Waals surface area (Å²) in [5, 5.41) is 9.25. The van der Waals surface area contributed by atoms with Crippen molar-refractivity contribution in [3.05, 3.63) is 18.7 Å². The largest absolute Gasteiger partial charge is 0.396 e. The van der Waals surface area contributed by atoms with Gasteiger partial charge in [-0.3, -0.25) is 0 Å². The molecule has 98 valence electrons. The number of aliphatic hydroxyl groups excluding tert-OH is 1. The van der Waals surface area contributed by atoms with Gasteiger partial charge in [-0.2, -0.15) is 0 Å². The number of aryl methyl sites for hydroxylation is 1. The first kappa shape index (κ1) is 14.2. The number of aromatic nitrogens is 2. The van der Waals surface area contributed by atoms with Crippen LogP contribution in [0.2, 0.25) is 0 Å². The van der Waals surface area contributed by atoms with E-state index in [-0.39, 0.29) is 0 Å². The van der Waals surface area contributed by atoms with Crippen LogP contribution < -0.4 is 0 Å². The third kappa shape index (κ3) is 6.47. The van der Waals surface area contributed by atoms with Gasteiger partial charge < -0.3 is 9.67 Å². The van der Waals surface area contributed by atoms with Crippen molar-refractivity contribution in [1.29, 1.82) is 0 Å². The lowest BCUT2D eigenvalue weighted by Gasteiger charge is -2.13. The van der Waals surface area contributed by atoms with Crippen molar-refractivity contribution in [3.63, 3.8) is 0 Å². The molecular weight excluding hydrogens is 212 g/mol. The average Bonchev–Trinajstić information content (AvgIpc) is 2.85. The standard InChI is InChI=1S/C14H26N2O/c1-2-3-7-14(12-17)8-5-4-6-10-16-11-9-15-13-16/h9,11,13-14,17H,2-8,10,12H2,1H3/t14-/m1/s1. The fourth-order valence-corrected chi connectivity index (χ4v) is 2.14. The molecular formula is C14H26N2O. The number of hydrogen-bond donors (Lipinski definition) is 1. The molecule has 3 heteroatoms. The van der Waals surface area contributed by atoms with Gasteiger partial charge in [-0.05, 0) is 25.2 Å². The molecule has 17 heavy (non-hydrogen) atoms. The number of hydrogen-bond acceptors (Lipinski definition) is 2. The molecule has 1 N–H and O–H groups in total. The first-order valence-electron chi connectivity index (χ1n) is 6.93. The van der Waals surface area contributed by atoms with Gasteiger partial charge in [0.2, 0.25) is 0 Å². The molecule has 1 aromatic heterocycles. The smallest absolute Gasteiger partial charge is 0.0945 e. The molecule has 0 amide bonds. The zero-order chi connectivity index (χ0) is 12.3. The van der Waals surface area contributed by atoms with Crippen LogP contribution in [0.15, 0.2) is 18.7 Å². The molecule has 0 fully saturated rings. The Morgan fingerprint density at radius 2 is 2.00 bits per heavy atom. The SMILES string of the molecule is CCCC[C@@H](CO)CCCCCn1ccnc1. The van der Waals surface area contributed by atoms with Crippen LogP contribution in [0.5, 0.6) is 0 Å². The molecule has 1 atom stereocenters. The Morgan fingerprint density at radius 3 is 2.65 bits per heavy atom. The Labute approximate surface area is 105 Å². The number of aliphatic hydroxyl groups is 1. The van der Waals surface area contributed by atoms with Gasteiger partial charge in [-0.25, -0.2) is 4.98 Å². The Morgan fingerprint density at radius 1 is 1.18 bits per heavy atom. The summed E-state index contributed by atoms with van der Waals surface area (Å²) < 4.78 is 2.13. The van der Waals surface area contributed by atoms with Gasteiger partial charge in [-0.15, -0.1) is 0 Å². The molecule has 0 bridgehead atoms. The number of unbranched alkanes of at least 4 members (excludes halogenated alkanes) is 3. The van der Waals surface area contributed by atoms with Crippen molar-refractivity contribution in [2.45, 2.75) is 58.4 Å². The molecule has 0 aliphatic carbocycles. The minimum absolute atomic E-state index is 0.363. The van der Waals surface area contributed by atoms with Crippen LogP contribution in [0.25, 0.3) is 0 Å². The Kier molecular flexibility index (Phi) is 7.72. The number of rotatable bonds is 10. The molecule has 1 heterocycles. The van der Waals surface area contributed by atoms with E-state index < -0.39 is 0 Å². The van der Waals surface area contributed by atoms with Gasteiger partial charge in [0.15, 0.2) is 0 Å². The highest BCUT2D eigenvalue weighted by Gasteiger charge is 2.06. The van der Waals surface area contributed by atoms with E-state index in [2.05, 4.69) is 16.5 Å². The van der Waals surface area contributed by atoms with Crippen molar-refractivity contribution in [1.82, 2.24) is 9.55 Å². The van der Waals surface area contributed by atoms with Crippen LogP contribution in [-0.2, 0) is 6.54 Å². The van der Waals surface area contributed by atoms with E-state index in [1.165, 1.54) is 44.9 Å². The highest BCUT2D eigenvalue weighted by Crippen LogP contribution is 2.16. The van der Waals surface area contributed by atoms with Crippen LogP contribution in [0.1, 0.15) is 51.9 Å². The fourth-order valence-electron chi connectivity index (χ4n) is 2.14. The highest BCUT2D eigenvalue weighted by molar-refractivity contribution is 4.73. The van der Waals surface area contributed by atoms with Crippen molar-refractivity contribution < 1.29 is 5.11 Å². The predicted molar refractivity (Wildman–Crippen MR) is 70.8 cm³/mol. The van der Waals surface area contributed by atoms with Crippen molar-refractivity contribution in [3.8, 4) is 0 Å². The molecule has 3 nitrogen and oxygen atoms in total. The summed E-state index contributed by atoms with van der Waals surface area (Å²) >= 11 is 0. The molecule has 0 aromatic carbocycles. The van der Waals surface area contributed by atoms with Gasteiger partial charge in [0.1, 0.15) is 0 Å². The van der Waals surface area contributed by atoms with E-state index in [9.17, 15) is 5.11 Å². The topological polar surface area (TPSA) is 38.0 Å². The minimum Gasteiger partial charge on any atom is -0.396 e. The quantitative estimate of drug-likeness (QED) is 0.635. The minimum atomic E-state index is 0.363. The second kappa shape index (κ2) is 9.23. The first-order chi connectivity index (χ1) is 8.36. The lowest BCUT2D eigenvalue weighted by Crippen LogP contribution is -2.06. The molecule has 0 aliphatic rings. The van der Waals surface area contributed by atoms with Crippen molar-refractivity contribution in [2.24, 2.45) is 5.92 Å². The van der Waals surface area contributed by atoms with E-state index in [4.69, 9.17) is 0 Å². The number of imidazole rings is 1. The van der Waals surface area contributed by atoms with Crippen molar-refractivity contribution >= 4 is 0 Å². The molecule has 0 unspecified atom stereocenters. The monoisotopic (exact) mass is 238 g/mol. The normalized spacial score (nSPS) is 12.8. The summed E-state index contributed by atoms with van der Waals surface area (Å²) in [5.41, 5.74) is 0. The highest BCUT2D eigenvalue weighted by atomic mass is 16.3. The maximum absolute atomic E-state index is 9.25. The summed E-state index contributed by atoms with van der Waals surface area (Å²) in [4.78, 5) is 4.03. The van der Waals surface area contributed by atoms with Crippen LogP contribution in [0.4, 0.5) is 0 Å². The van der Waals surface area contributed by atoms with E-state index in [1.54, 1.807) is 0 Å². The summed E-state index contributed by atoms with van der Waals surface area (Å²) in [6.45, 7) is 3.64. The third-order valence-corrected chi connectivity index (χ3v) is 3.31. The Balaban J connectivity index is 1.98. The lowest BCUT2D eigenvalue weighted by atomic mass is 9.96. The first-order valence-corrected chi connectivity index (χ1v) is 6.93. The third-order valence-electron chi connectivity index (χ3n) is 3.31. The molecule has 0 saturated heterocycles. The zero-order valence-corrected chi connectivity index (χ0v) is 11.0. The second-order valence-corrected chi connectivity index (χ2v) is 4.84. The maximum atomic E-state index is 9.25. The average molecular weight is 238 g/mol. The Hall–Kier alpha value is -0.830. The predicted octanol–water partition coefficient (Wildman–Crippen LogP) is 3.24. The lowest BCUT2D eigenvalue weighted by molar-refractivity contribution is 0.205. The Bertz CT molecular complexity index is 259. The fraction of sp³-hybridized carbons (Fsp3) is 0.786. The number of nitrogens with zero attached hydrogens (tertiary/aromatic N) is 2. The van der Waals surface area contributed by atoms with Gasteiger partial charge in [0.05, 0.1) is 6.33 Å². The van der Waals surface area contributed by atoms with Crippen LogP contribution in [-0.4, -0.2) is 21.3 Å². The van der Waals surface area contributed by atoms with Crippen LogP contribution >= 0.6 is 0 Å². The van der Waals surface area contributed by atoms with Gasteiger partial charge in [0.25, 0.3) is 0 Å².